The van der Waals surface area contributed by atoms with Crippen LogP contribution in [0.1, 0.15) is 49.7 Å². The lowest BCUT2D eigenvalue weighted by Crippen LogP contribution is -2.40. The molecule has 4 heterocycles. The molecule has 2 aromatic rings. The van der Waals surface area contributed by atoms with Crippen LogP contribution in [-0.2, 0) is 9.59 Å². The molecule has 0 bridgehead atoms. The van der Waals surface area contributed by atoms with Crippen LogP contribution in [0.15, 0.2) is 28.0 Å². The predicted molar refractivity (Wildman–Crippen MR) is 138 cm³/mol. The van der Waals surface area contributed by atoms with Gasteiger partial charge in [0.1, 0.15) is 15.8 Å². The fourth-order valence-corrected chi connectivity index (χ4v) is 6.46. The zero-order valence-corrected chi connectivity index (χ0v) is 20.7. The summed E-state index contributed by atoms with van der Waals surface area (Å²) in [4.78, 5) is 47.6. The summed E-state index contributed by atoms with van der Waals surface area (Å²) in [6.45, 7) is 3.04. The van der Waals surface area contributed by atoms with Crippen molar-refractivity contribution in [3.05, 3.63) is 44.7 Å². The number of rotatable bonds is 4. The first-order valence-corrected chi connectivity index (χ1v) is 12.9. The Morgan fingerprint density at radius 1 is 1.18 bits per heavy atom. The Bertz CT molecular complexity index is 1270. The molecule has 0 unspecified atom stereocenters. The number of carbonyl (C=O) groups is 2. The summed E-state index contributed by atoms with van der Waals surface area (Å²) in [6.07, 6.45) is 8.74. The van der Waals surface area contributed by atoms with Gasteiger partial charge >= 0.3 is 0 Å². The Morgan fingerprint density at radius 3 is 2.56 bits per heavy atom. The molecule has 0 spiro atoms. The maximum Gasteiger partial charge on any atom is 0.267 e. The number of nitrogens with two attached hydrogens (primary N) is 1. The lowest BCUT2D eigenvalue weighted by molar-refractivity contribution is -0.124. The van der Waals surface area contributed by atoms with Crippen LogP contribution in [0.2, 0.25) is 0 Å². The highest BCUT2D eigenvalue weighted by Crippen LogP contribution is 2.38. The molecule has 2 saturated heterocycles. The first-order valence-electron chi connectivity index (χ1n) is 11.7. The first-order chi connectivity index (χ1) is 16.3. The van der Waals surface area contributed by atoms with Gasteiger partial charge in [-0.3, -0.25) is 23.7 Å². The number of thioether (sulfide) groups is 1. The van der Waals surface area contributed by atoms with Crippen LogP contribution in [0.4, 0.5) is 5.82 Å². The van der Waals surface area contributed by atoms with E-state index in [1.807, 2.05) is 24.0 Å². The SMILES string of the molecule is Cc1ccc2nc(N3CCC(C(N)=O)CC3)c(C=C3SC(=S)N(C4CCCC4)C3=O)c(=O)n2c1. The summed E-state index contributed by atoms with van der Waals surface area (Å²) in [5, 5.41) is 0. The third-order valence-corrected chi connectivity index (χ3v) is 8.30. The third-order valence-electron chi connectivity index (χ3n) is 6.97. The number of carbonyl (C=O) groups excluding carboxylic acids is 2. The van der Waals surface area contributed by atoms with E-state index in [0.29, 0.717) is 52.2 Å². The number of pyridine rings is 1. The van der Waals surface area contributed by atoms with E-state index in [4.69, 9.17) is 22.9 Å². The zero-order chi connectivity index (χ0) is 24.0. The molecule has 2 aliphatic heterocycles. The number of aryl methyl sites for hydroxylation is 1. The minimum absolute atomic E-state index is 0.131. The Morgan fingerprint density at radius 2 is 1.88 bits per heavy atom. The molecule has 3 fully saturated rings. The lowest BCUT2D eigenvalue weighted by atomic mass is 9.96. The summed E-state index contributed by atoms with van der Waals surface area (Å²) in [6, 6.07) is 3.88. The topological polar surface area (TPSA) is 101 Å². The summed E-state index contributed by atoms with van der Waals surface area (Å²) >= 11 is 6.80. The molecule has 0 aromatic carbocycles. The number of thiocarbonyl (C=S) groups is 1. The van der Waals surface area contributed by atoms with E-state index in [9.17, 15) is 14.4 Å². The predicted octanol–water partition coefficient (Wildman–Crippen LogP) is 2.85. The molecule has 1 aliphatic carbocycles. The molecule has 34 heavy (non-hydrogen) atoms. The zero-order valence-electron chi connectivity index (χ0n) is 19.0. The molecule has 1 saturated carbocycles. The van der Waals surface area contributed by atoms with Crippen LogP contribution < -0.4 is 16.2 Å². The monoisotopic (exact) mass is 497 g/mol. The van der Waals surface area contributed by atoms with Gasteiger partial charge in [0.05, 0.1) is 10.5 Å². The van der Waals surface area contributed by atoms with Gasteiger partial charge in [-0.05, 0) is 50.3 Å². The van der Waals surface area contributed by atoms with Gasteiger partial charge in [-0.25, -0.2) is 4.98 Å². The van der Waals surface area contributed by atoms with Gasteiger partial charge in [0.15, 0.2) is 0 Å². The van der Waals surface area contributed by atoms with Crippen LogP contribution in [0.5, 0.6) is 0 Å². The van der Waals surface area contributed by atoms with Gasteiger partial charge in [0.25, 0.3) is 11.5 Å². The Labute approximate surface area is 207 Å². The Balaban J connectivity index is 1.58. The minimum atomic E-state index is -0.294. The van der Waals surface area contributed by atoms with Crippen molar-refractivity contribution in [1.82, 2.24) is 14.3 Å². The van der Waals surface area contributed by atoms with Gasteiger partial charge in [0, 0.05) is 31.2 Å². The van der Waals surface area contributed by atoms with Crippen molar-refractivity contribution in [1.29, 1.82) is 0 Å². The van der Waals surface area contributed by atoms with Gasteiger partial charge in [-0.15, -0.1) is 0 Å². The van der Waals surface area contributed by atoms with E-state index in [-0.39, 0.29) is 29.3 Å². The summed E-state index contributed by atoms with van der Waals surface area (Å²) < 4.78 is 2.08. The van der Waals surface area contributed by atoms with Crippen molar-refractivity contribution in [2.24, 2.45) is 11.7 Å². The van der Waals surface area contributed by atoms with Crippen molar-refractivity contribution in [3.8, 4) is 0 Å². The van der Waals surface area contributed by atoms with E-state index in [1.165, 1.54) is 16.2 Å². The average Bonchev–Trinajstić information content (AvgIpc) is 3.43. The van der Waals surface area contributed by atoms with Gasteiger partial charge < -0.3 is 10.6 Å². The quantitative estimate of drug-likeness (QED) is 0.512. The Hall–Kier alpha value is -2.72. The molecule has 2 N–H and O–H groups in total. The van der Waals surface area contributed by atoms with E-state index in [0.717, 1.165) is 31.2 Å². The smallest absolute Gasteiger partial charge is 0.267 e. The fourth-order valence-electron chi connectivity index (χ4n) is 5.08. The summed E-state index contributed by atoms with van der Waals surface area (Å²) in [5.74, 6) is -0.0685. The van der Waals surface area contributed by atoms with Crippen LogP contribution >= 0.6 is 24.0 Å². The van der Waals surface area contributed by atoms with Crippen molar-refractivity contribution in [3.63, 3.8) is 0 Å². The normalized spacial score (nSPS) is 21.4. The molecule has 5 rings (SSSR count). The maximum atomic E-state index is 13.6. The molecule has 178 valence electrons. The molecule has 2 aromatic heterocycles. The number of anilines is 1. The highest BCUT2D eigenvalue weighted by molar-refractivity contribution is 8.26. The molecular formula is C24H27N5O3S2. The van der Waals surface area contributed by atoms with E-state index >= 15 is 0 Å². The number of aromatic nitrogens is 2. The highest BCUT2D eigenvalue weighted by atomic mass is 32.2. The van der Waals surface area contributed by atoms with Gasteiger partial charge in [0.2, 0.25) is 5.91 Å². The standard InChI is InChI=1S/C24H27N5O3S2/c1-14-6-7-19-26-21(27-10-8-15(9-11-27)20(25)30)17(22(31)28(19)13-14)12-18-23(32)29(24(33)34-18)16-4-2-3-5-16/h6-7,12-13,15-16H,2-5,8-11H2,1H3,(H2,25,30). The van der Waals surface area contributed by atoms with Crippen LogP contribution in [0.3, 0.4) is 0 Å². The molecule has 10 heteroatoms. The second-order valence-corrected chi connectivity index (χ2v) is 10.9. The molecule has 3 aliphatic rings. The summed E-state index contributed by atoms with van der Waals surface area (Å²) in [5.41, 5.74) is 7.12. The van der Waals surface area contributed by atoms with Crippen LogP contribution in [0, 0.1) is 12.8 Å². The van der Waals surface area contributed by atoms with E-state index in [2.05, 4.69) is 0 Å². The highest BCUT2D eigenvalue weighted by Gasteiger charge is 2.38. The van der Waals surface area contributed by atoms with E-state index < -0.39 is 0 Å². The van der Waals surface area contributed by atoms with E-state index in [1.54, 1.807) is 17.2 Å². The maximum absolute atomic E-state index is 13.6. The molecule has 0 radical (unpaired) electrons. The number of amides is 2. The Kier molecular flexibility index (Phi) is 6.20. The number of fused-ring (bicyclic) bond motifs is 1. The van der Waals surface area contributed by atoms with Crippen molar-refractivity contribution in [2.45, 2.75) is 51.5 Å². The molecular weight excluding hydrogens is 470 g/mol. The molecule has 8 nitrogen and oxygen atoms in total. The second-order valence-electron chi connectivity index (χ2n) is 9.24. The number of primary amides is 1. The third kappa shape index (κ3) is 4.13. The number of hydrogen-bond acceptors (Lipinski definition) is 7. The lowest BCUT2D eigenvalue weighted by Gasteiger charge is -2.32. The second kappa shape index (κ2) is 9.14. The van der Waals surface area contributed by atoms with Crippen molar-refractivity contribution < 1.29 is 9.59 Å². The van der Waals surface area contributed by atoms with Crippen molar-refractivity contribution >= 4 is 57.7 Å². The minimum Gasteiger partial charge on any atom is -0.369 e. The van der Waals surface area contributed by atoms with Crippen molar-refractivity contribution in [2.75, 3.05) is 18.0 Å². The molecule has 0 atom stereocenters. The first kappa shape index (κ1) is 23.0. The van der Waals surface area contributed by atoms with Crippen LogP contribution in [0.25, 0.3) is 11.7 Å². The average molecular weight is 498 g/mol. The number of hydrogen-bond donors (Lipinski definition) is 1. The largest absolute Gasteiger partial charge is 0.369 e. The number of nitrogens with zero attached hydrogens (tertiary/aromatic N) is 4. The van der Waals surface area contributed by atoms with Gasteiger partial charge in [-0.2, -0.15) is 0 Å². The number of piperidine rings is 1. The van der Waals surface area contributed by atoms with Crippen LogP contribution in [-0.4, -0.2) is 49.6 Å². The van der Waals surface area contributed by atoms with Gasteiger partial charge in [-0.1, -0.05) is 42.9 Å². The fraction of sp³-hybridized carbons (Fsp3) is 0.458. The molecule has 2 amide bonds. The summed E-state index contributed by atoms with van der Waals surface area (Å²) in [7, 11) is 0.